The van der Waals surface area contributed by atoms with Gasteiger partial charge in [0.05, 0.1) is 11.0 Å². The average molecular weight is 404 g/mol. The first-order chi connectivity index (χ1) is 9.25. The Bertz CT molecular complexity index is 700. The number of hydrogen-bond acceptors (Lipinski definition) is 1. The monoisotopic (exact) mass is 402 g/mol. The van der Waals surface area contributed by atoms with Crippen LogP contribution in [0, 0.1) is 11.8 Å². The molecule has 2 rings (SSSR count). The average Bonchev–Trinajstić information content (AvgIpc) is 2.61. The highest BCUT2D eigenvalue weighted by Gasteiger charge is 2.23. The molecule has 0 aliphatic heterocycles. The van der Waals surface area contributed by atoms with E-state index in [-0.39, 0.29) is 10.5 Å². The zero-order valence-corrected chi connectivity index (χ0v) is 15.6. The summed E-state index contributed by atoms with van der Waals surface area (Å²) in [6.45, 7) is 6.69. The van der Waals surface area contributed by atoms with E-state index in [0.29, 0.717) is 11.8 Å². The van der Waals surface area contributed by atoms with Crippen molar-refractivity contribution >= 4 is 42.9 Å². The van der Waals surface area contributed by atoms with Crippen LogP contribution in [-0.4, -0.2) is 9.13 Å². The molecular formula is C15H20Br2N2O. The fraction of sp³-hybridized carbons (Fsp3) is 0.533. The molecule has 0 spiro atoms. The highest BCUT2D eigenvalue weighted by atomic mass is 79.9. The first-order valence-corrected chi connectivity index (χ1v) is 8.45. The summed E-state index contributed by atoms with van der Waals surface area (Å²) < 4.78 is 4.42. The Morgan fingerprint density at radius 2 is 1.55 bits per heavy atom. The third kappa shape index (κ3) is 2.50. The van der Waals surface area contributed by atoms with Crippen LogP contribution in [-0.2, 0) is 14.1 Å². The third-order valence-corrected chi connectivity index (χ3v) is 6.21. The SMILES string of the molecule is CC(C)C(C)C(Br)c1cc2c(cc1Br)n(C)c(=O)n2C. The number of aryl methyl sites for hydroxylation is 2. The van der Waals surface area contributed by atoms with Gasteiger partial charge in [0.2, 0.25) is 0 Å². The summed E-state index contributed by atoms with van der Waals surface area (Å²) in [5.74, 6) is 1.09. The van der Waals surface area contributed by atoms with Crippen LogP contribution in [0.4, 0.5) is 0 Å². The standard InChI is InChI=1S/C15H20Br2N2O/c1-8(2)9(3)14(17)10-6-12-13(7-11(10)16)19(5)15(20)18(12)4/h6-9,14H,1-5H3. The van der Waals surface area contributed by atoms with Gasteiger partial charge in [0, 0.05) is 23.4 Å². The highest BCUT2D eigenvalue weighted by Crippen LogP contribution is 2.40. The first-order valence-electron chi connectivity index (χ1n) is 6.74. The van der Waals surface area contributed by atoms with E-state index in [0.717, 1.165) is 15.5 Å². The molecule has 0 bridgehead atoms. The lowest BCUT2D eigenvalue weighted by atomic mass is 9.91. The molecule has 0 aliphatic rings. The first kappa shape index (κ1) is 15.8. The van der Waals surface area contributed by atoms with Crippen LogP contribution < -0.4 is 5.69 Å². The van der Waals surface area contributed by atoms with E-state index >= 15 is 0 Å². The number of alkyl halides is 1. The largest absolute Gasteiger partial charge is 0.328 e. The predicted molar refractivity (Wildman–Crippen MR) is 91.5 cm³/mol. The molecule has 1 aromatic heterocycles. The van der Waals surface area contributed by atoms with Crippen molar-refractivity contribution < 1.29 is 0 Å². The van der Waals surface area contributed by atoms with Gasteiger partial charge in [-0.3, -0.25) is 9.13 Å². The molecular weight excluding hydrogens is 384 g/mol. The second-order valence-electron chi connectivity index (χ2n) is 5.77. The summed E-state index contributed by atoms with van der Waals surface area (Å²) in [5.41, 5.74) is 3.12. The second-order valence-corrected chi connectivity index (χ2v) is 7.61. The molecule has 0 fully saturated rings. The van der Waals surface area contributed by atoms with Crippen molar-refractivity contribution in [3.05, 3.63) is 32.7 Å². The summed E-state index contributed by atoms with van der Waals surface area (Å²) in [7, 11) is 3.62. The van der Waals surface area contributed by atoms with E-state index in [2.05, 4.69) is 58.7 Å². The minimum atomic E-state index is 0.00656. The van der Waals surface area contributed by atoms with Gasteiger partial charge in [0.15, 0.2) is 0 Å². The lowest BCUT2D eigenvalue weighted by molar-refractivity contribution is 0.414. The maximum Gasteiger partial charge on any atom is 0.328 e. The lowest BCUT2D eigenvalue weighted by Gasteiger charge is -2.23. The van der Waals surface area contributed by atoms with E-state index in [1.54, 1.807) is 16.2 Å². The van der Waals surface area contributed by atoms with Crippen LogP contribution in [0.5, 0.6) is 0 Å². The molecule has 5 heteroatoms. The molecule has 1 heterocycles. The van der Waals surface area contributed by atoms with Crippen LogP contribution >= 0.6 is 31.9 Å². The van der Waals surface area contributed by atoms with Gasteiger partial charge in [-0.15, -0.1) is 0 Å². The molecule has 0 N–H and O–H groups in total. The van der Waals surface area contributed by atoms with Crippen LogP contribution in [0.15, 0.2) is 21.4 Å². The minimum absolute atomic E-state index is 0.00656. The van der Waals surface area contributed by atoms with Gasteiger partial charge < -0.3 is 0 Å². The van der Waals surface area contributed by atoms with Gasteiger partial charge in [0.25, 0.3) is 0 Å². The lowest BCUT2D eigenvalue weighted by Crippen LogP contribution is -2.19. The van der Waals surface area contributed by atoms with Crippen molar-refractivity contribution in [2.75, 3.05) is 0 Å². The van der Waals surface area contributed by atoms with E-state index in [4.69, 9.17) is 0 Å². The number of fused-ring (bicyclic) bond motifs is 1. The highest BCUT2D eigenvalue weighted by molar-refractivity contribution is 9.11. The zero-order valence-electron chi connectivity index (χ0n) is 12.4. The molecule has 0 amide bonds. The van der Waals surface area contributed by atoms with Crippen molar-refractivity contribution in [1.82, 2.24) is 9.13 Å². The minimum Gasteiger partial charge on any atom is -0.295 e. The van der Waals surface area contributed by atoms with Crippen molar-refractivity contribution in [3.8, 4) is 0 Å². The molecule has 0 aliphatic carbocycles. The summed E-state index contributed by atoms with van der Waals surface area (Å²) in [4.78, 5) is 12.3. The molecule has 0 saturated heterocycles. The Morgan fingerprint density at radius 1 is 1.05 bits per heavy atom. The fourth-order valence-electron chi connectivity index (χ4n) is 2.37. The second kappa shape index (κ2) is 5.68. The van der Waals surface area contributed by atoms with Crippen molar-refractivity contribution in [2.45, 2.75) is 25.6 Å². The Hall–Kier alpha value is -0.550. The molecule has 2 atom stereocenters. The van der Waals surface area contributed by atoms with Gasteiger partial charge in [-0.2, -0.15) is 0 Å². The van der Waals surface area contributed by atoms with Crippen LogP contribution in [0.25, 0.3) is 11.0 Å². The van der Waals surface area contributed by atoms with E-state index in [1.807, 2.05) is 13.1 Å². The van der Waals surface area contributed by atoms with Crippen molar-refractivity contribution in [1.29, 1.82) is 0 Å². The quantitative estimate of drug-likeness (QED) is 0.699. The normalized spacial score (nSPS) is 15.0. The number of nitrogens with zero attached hydrogens (tertiary/aromatic N) is 2. The molecule has 20 heavy (non-hydrogen) atoms. The van der Waals surface area contributed by atoms with Gasteiger partial charge >= 0.3 is 5.69 Å². The maximum absolute atomic E-state index is 12.0. The maximum atomic E-state index is 12.0. The van der Waals surface area contributed by atoms with Crippen LogP contribution in [0.1, 0.15) is 31.2 Å². The molecule has 110 valence electrons. The number of imidazole rings is 1. The molecule has 3 nitrogen and oxygen atoms in total. The molecule has 2 unspecified atom stereocenters. The molecule has 2 aromatic rings. The Morgan fingerprint density at radius 3 is 2.05 bits per heavy atom. The Labute approximate surface area is 136 Å². The van der Waals surface area contributed by atoms with Crippen molar-refractivity contribution in [3.63, 3.8) is 0 Å². The van der Waals surface area contributed by atoms with Gasteiger partial charge in [-0.1, -0.05) is 52.6 Å². The zero-order chi connectivity index (χ0) is 15.2. The number of rotatable bonds is 3. The van der Waals surface area contributed by atoms with E-state index in [1.165, 1.54) is 5.56 Å². The number of hydrogen-bond donors (Lipinski definition) is 0. The molecule has 1 aromatic carbocycles. The Kier molecular flexibility index (Phi) is 4.50. The van der Waals surface area contributed by atoms with E-state index < -0.39 is 0 Å². The summed E-state index contributed by atoms with van der Waals surface area (Å²) in [5, 5.41) is 0. The summed E-state index contributed by atoms with van der Waals surface area (Å²) in [6, 6.07) is 4.15. The van der Waals surface area contributed by atoms with E-state index in [9.17, 15) is 4.79 Å². The summed E-state index contributed by atoms with van der Waals surface area (Å²) in [6.07, 6.45) is 0. The van der Waals surface area contributed by atoms with Crippen molar-refractivity contribution in [2.24, 2.45) is 25.9 Å². The smallest absolute Gasteiger partial charge is 0.295 e. The topological polar surface area (TPSA) is 26.9 Å². The van der Waals surface area contributed by atoms with Gasteiger partial charge in [-0.25, -0.2) is 4.79 Å². The number of benzene rings is 1. The third-order valence-electron chi connectivity index (χ3n) is 4.20. The fourth-order valence-corrected chi connectivity index (χ4v) is 4.24. The van der Waals surface area contributed by atoms with Crippen LogP contribution in [0.2, 0.25) is 0 Å². The molecule has 0 saturated carbocycles. The number of halogens is 2. The predicted octanol–water partition coefficient (Wildman–Crippen LogP) is 4.37. The molecule has 0 radical (unpaired) electrons. The number of aromatic nitrogens is 2. The van der Waals surface area contributed by atoms with Gasteiger partial charge in [-0.05, 0) is 29.5 Å². The van der Waals surface area contributed by atoms with Gasteiger partial charge in [0.1, 0.15) is 0 Å². The van der Waals surface area contributed by atoms with Crippen LogP contribution in [0.3, 0.4) is 0 Å². The Balaban J connectivity index is 2.64. The summed E-state index contributed by atoms with van der Waals surface area (Å²) >= 11 is 7.46.